The molecule has 9 heteroatoms. The number of urea groups is 1. The number of nitrogens with zero attached hydrogens (tertiary/aromatic N) is 5. The summed E-state index contributed by atoms with van der Waals surface area (Å²) in [4.78, 5) is 21.1. The molecule has 2 aromatic rings. The maximum atomic E-state index is 12.1. The number of piperazine rings is 1. The average Bonchev–Trinajstić information content (AvgIpc) is 3.11. The molecule has 26 heavy (non-hydrogen) atoms. The van der Waals surface area contributed by atoms with Crippen LogP contribution in [0, 0.1) is 5.92 Å². The van der Waals surface area contributed by atoms with Crippen molar-refractivity contribution in [1.29, 1.82) is 0 Å². The van der Waals surface area contributed by atoms with Gasteiger partial charge in [-0.2, -0.15) is 0 Å². The number of hydrogen-bond donors (Lipinski definition) is 2. The molecule has 1 atom stereocenters. The summed E-state index contributed by atoms with van der Waals surface area (Å²) in [5.41, 5.74) is 0.749. The molecule has 8 nitrogen and oxygen atoms in total. The van der Waals surface area contributed by atoms with Crippen molar-refractivity contribution in [3.63, 3.8) is 0 Å². The van der Waals surface area contributed by atoms with Crippen LogP contribution >= 0.6 is 11.3 Å². The van der Waals surface area contributed by atoms with Gasteiger partial charge in [0, 0.05) is 45.5 Å². The van der Waals surface area contributed by atoms with Crippen LogP contribution in [0.2, 0.25) is 0 Å². The third-order valence-electron chi connectivity index (χ3n) is 4.31. The lowest BCUT2D eigenvalue weighted by Gasteiger charge is -2.33. The first-order valence-electron chi connectivity index (χ1n) is 8.81. The highest BCUT2D eigenvalue weighted by atomic mass is 32.1. The number of rotatable bonds is 6. The van der Waals surface area contributed by atoms with Gasteiger partial charge in [-0.25, -0.2) is 4.79 Å². The molecule has 3 rings (SSSR count). The zero-order valence-electron chi connectivity index (χ0n) is 15.2. The van der Waals surface area contributed by atoms with Crippen LogP contribution in [0.5, 0.6) is 0 Å². The SMILES string of the molecule is CC(CNC(=O)Nc1nnc(-c2ccccn2)s1)CN1CCN(C)CC1. The molecule has 0 aromatic carbocycles. The van der Waals surface area contributed by atoms with E-state index in [-0.39, 0.29) is 6.03 Å². The minimum absolute atomic E-state index is 0.251. The number of carbonyl (C=O) groups excluding carboxylic acids is 1. The molecule has 0 bridgehead atoms. The van der Waals surface area contributed by atoms with E-state index in [0.717, 1.165) is 38.4 Å². The molecule has 2 aromatic heterocycles. The molecule has 1 saturated heterocycles. The third-order valence-corrected chi connectivity index (χ3v) is 5.17. The fourth-order valence-corrected chi connectivity index (χ4v) is 3.53. The van der Waals surface area contributed by atoms with Gasteiger partial charge >= 0.3 is 6.03 Å². The molecule has 3 heterocycles. The molecular formula is C17H25N7OS. The van der Waals surface area contributed by atoms with Gasteiger partial charge in [0.25, 0.3) is 0 Å². The van der Waals surface area contributed by atoms with Crippen LogP contribution in [0.3, 0.4) is 0 Å². The number of hydrogen-bond acceptors (Lipinski definition) is 7. The molecule has 0 spiro atoms. The van der Waals surface area contributed by atoms with Crippen molar-refractivity contribution in [2.45, 2.75) is 6.92 Å². The fourth-order valence-electron chi connectivity index (χ4n) is 2.81. The number of carbonyl (C=O) groups is 1. The second kappa shape index (κ2) is 9.02. The van der Waals surface area contributed by atoms with Crippen LogP contribution < -0.4 is 10.6 Å². The van der Waals surface area contributed by atoms with Gasteiger partial charge in [0.05, 0.1) is 0 Å². The van der Waals surface area contributed by atoms with Gasteiger partial charge in [-0.1, -0.05) is 24.3 Å². The number of likely N-dealkylation sites (N-methyl/N-ethyl adjacent to an activating group) is 1. The Hall–Kier alpha value is -2.10. The van der Waals surface area contributed by atoms with E-state index in [1.807, 2.05) is 18.2 Å². The van der Waals surface area contributed by atoms with Gasteiger partial charge in [-0.05, 0) is 25.1 Å². The lowest BCUT2D eigenvalue weighted by molar-refractivity contribution is 0.138. The number of aromatic nitrogens is 3. The fraction of sp³-hybridized carbons (Fsp3) is 0.529. The summed E-state index contributed by atoms with van der Waals surface area (Å²) < 4.78 is 0. The second-order valence-corrected chi connectivity index (χ2v) is 7.65. The minimum Gasteiger partial charge on any atom is -0.337 e. The Bertz CT molecular complexity index is 700. The minimum atomic E-state index is -0.251. The largest absolute Gasteiger partial charge is 0.337 e. The van der Waals surface area contributed by atoms with Crippen LogP contribution in [-0.2, 0) is 0 Å². The highest BCUT2D eigenvalue weighted by Gasteiger charge is 2.17. The van der Waals surface area contributed by atoms with Crippen LogP contribution in [0.4, 0.5) is 9.93 Å². The number of anilines is 1. The van der Waals surface area contributed by atoms with E-state index in [4.69, 9.17) is 0 Å². The summed E-state index contributed by atoms with van der Waals surface area (Å²) >= 11 is 1.31. The zero-order chi connectivity index (χ0) is 18.4. The summed E-state index contributed by atoms with van der Waals surface area (Å²) in [5, 5.41) is 14.9. The van der Waals surface area contributed by atoms with Crippen molar-refractivity contribution in [2.24, 2.45) is 5.92 Å². The molecule has 0 radical (unpaired) electrons. The first-order valence-corrected chi connectivity index (χ1v) is 9.62. The van der Waals surface area contributed by atoms with Crippen molar-refractivity contribution in [1.82, 2.24) is 30.3 Å². The van der Waals surface area contributed by atoms with Crippen LogP contribution in [-0.4, -0.2) is 77.3 Å². The highest BCUT2D eigenvalue weighted by Crippen LogP contribution is 2.24. The number of pyridine rings is 1. The summed E-state index contributed by atoms with van der Waals surface area (Å²) in [6.07, 6.45) is 1.71. The predicted octanol–water partition coefficient (Wildman–Crippen LogP) is 1.61. The van der Waals surface area contributed by atoms with Crippen LogP contribution in [0.25, 0.3) is 10.7 Å². The van der Waals surface area contributed by atoms with E-state index in [2.05, 4.69) is 49.6 Å². The lowest BCUT2D eigenvalue weighted by atomic mass is 10.1. The van der Waals surface area contributed by atoms with Gasteiger partial charge in [-0.15, -0.1) is 10.2 Å². The summed E-state index contributed by atoms with van der Waals surface area (Å²) in [6.45, 7) is 8.18. The first-order chi connectivity index (χ1) is 12.6. The first kappa shape index (κ1) is 18.7. The molecule has 1 aliphatic heterocycles. The van der Waals surface area contributed by atoms with Gasteiger partial charge in [0.2, 0.25) is 5.13 Å². The normalized spacial score (nSPS) is 17.0. The smallest absolute Gasteiger partial charge is 0.321 e. The van der Waals surface area contributed by atoms with Crippen molar-refractivity contribution in [3.8, 4) is 10.7 Å². The van der Waals surface area contributed by atoms with E-state index < -0.39 is 0 Å². The Balaban J connectivity index is 1.41. The Morgan fingerprint density at radius 3 is 2.81 bits per heavy atom. The lowest BCUT2D eigenvalue weighted by Crippen LogP contribution is -2.47. The molecule has 1 aliphatic rings. The van der Waals surface area contributed by atoms with E-state index in [1.165, 1.54) is 11.3 Å². The molecule has 0 aliphatic carbocycles. The predicted molar refractivity (Wildman–Crippen MR) is 103 cm³/mol. The molecule has 1 unspecified atom stereocenters. The Morgan fingerprint density at radius 2 is 2.08 bits per heavy atom. The molecule has 1 fully saturated rings. The topological polar surface area (TPSA) is 86.3 Å². The van der Waals surface area contributed by atoms with E-state index in [1.54, 1.807) is 6.20 Å². The number of amides is 2. The van der Waals surface area contributed by atoms with E-state index >= 15 is 0 Å². The van der Waals surface area contributed by atoms with Crippen LogP contribution in [0.15, 0.2) is 24.4 Å². The van der Waals surface area contributed by atoms with E-state index in [9.17, 15) is 4.79 Å². The second-order valence-electron chi connectivity index (χ2n) is 6.67. The maximum absolute atomic E-state index is 12.1. The monoisotopic (exact) mass is 375 g/mol. The zero-order valence-corrected chi connectivity index (χ0v) is 16.0. The molecule has 2 amide bonds. The Kier molecular flexibility index (Phi) is 6.48. The standard InChI is InChI=1S/C17H25N7OS/c1-13(12-24-9-7-23(2)8-10-24)11-19-16(25)20-17-22-21-15(26-17)14-5-3-4-6-18-14/h3-6,13H,7-12H2,1-2H3,(H2,19,20,22,25). The maximum Gasteiger partial charge on any atom is 0.321 e. The van der Waals surface area contributed by atoms with Crippen molar-refractivity contribution in [2.75, 3.05) is 51.6 Å². The van der Waals surface area contributed by atoms with Gasteiger partial charge in [-0.3, -0.25) is 10.3 Å². The number of nitrogens with one attached hydrogen (secondary N) is 2. The Morgan fingerprint density at radius 1 is 1.27 bits per heavy atom. The summed E-state index contributed by atoms with van der Waals surface area (Å²) in [7, 11) is 2.15. The van der Waals surface area contributed by atoms with Crippen molar-refractivity contribution in [3.05, 3.63) is 24.4 Å². The molecule has 2 N–H and O–H groups in total. The highest BCUT2D eigenvalue weighted by molar-refractivity contribution is 7.18. The molecular weight excluding hydrogens is 350 g/mol. The van der Waals surface area contributed by atoms with Gasteiger partial charge in [0.1, 0.15) is 5.69 Å². The van der Waals surface area contributed by atoms with Crippen molar-refractivity contribution >= 4 is 22.5 Å². The summed E-state index contributed by atoms with van der Waals surface area (Å²) in [5.74, 6) is 0.391. The molecule has 0 saturated carbocycles. The van der Waals surface area contributed by atoms with Crippen molar-refractivity contribution < 1.29 is 4.79 Å². The van der Waals surface area contributed by atoms with Gasteiger partial charge in [0.15, 0.2) is 5.01 Å². The third kappa shape index (κ3) is 5.45. The average molecular weight is 376 g/mol. The molecule has 140 valence electrons. The van der Waals surface area contributed by atoms with Gasteiger partial charge < -0.3 is 15.1 Å². The van der Waals surface area contributed by atoms with Crippen LogP contribution in [0.1, 0.15) is 6.92 Å². The Labute approximate surface area is 157 Å². The quantitative estimate of drug-likeness (QED) is 0.798. The van der Waals surface area contributed by atoms with E-state index in [0.29, 0.717) is 22.6 Å². The summed E-state index contributed by atoms with van der Waals surface area (Å²) in [6, 6.07) is 5.36.